The number of carbonyl (C=O) groups is 1. The Labute approximate surface area is 149 Å². The van der Waals surface area contributed by atoms with Crippen molar-refractivity contribution in [1.29, 1.82) is 0 Å². The molecule has 3 aromatic rings. The van der Waals surface area contributed by atoms with Crippen LogP contribution >= 0.6 is 0 Å². The summed E-state index contributed by atoms with van der Waals surface area (Å²) < 4.78 is 0. The van der Waals surface area contributed by atoms with E-state index in [-0.39, 0.29) is 11.8 Å². The van der Waals surface area contributed by atoms with E-state index in [1.165, 1.54) is 5.56 Å². The summed E-state index contributed by atoms with van der Waals surface area (Å²) in [5.41, 5.74) is 3.23. The molecule has 0 heterocycles. The number of anilines is 1. The van der Waals surface area contributed by atoms with Crippen LogP contribution in [0.3, 0.4) is 0 Å². The summed E-state index contributed by atoms with van der Waals surface area (Å²) in [4.78, 5) is 12.7. The van der Waals surface area contributed by atoms with Crippen molar-refractivity contribution in [3.63, 3.8) is 0 Å². The Bertz CT molecular complexity index is 859. The zero-order valence-electron chi connectivity index (χ0n) is 15.1. The average molecular weight is 331 g/mol. The predicted molar refractivity (Wildman–Crippen MR) is 106 cm³/mol. The van der Waals surface area contributed by atoms with Gasteiger partial charge in [-0.3, -0.25) is 4.79 Å². The molecule has 0 aliphatic carbocycles. The van der Waals surface area contributed by atoms with Crippen LogP contribution in [0.4, 0.5) is 5.69 Å². The third kappa shape index (κ3) is 4.08. The number of fused-ring (bicyclic) bond motifs is 1. The molecule has 0 aliphatic heterocycles. The first-order valence-electron chi connectivity index (χ1n) is 8.92. The SMILES string of the molecule is CC(C)Cc1ccc([C@@H](C)C(=O)Nc2cccc3ccccc23)cc1. The number of benzene rings is 3. The Morgan fingerprint density at radius 3 is 2.28 bits per heavy atom. The number of amides is 1. The molecule has 0 aliphatic rings. The highest BCUT2D eigenvalue weighted by atomic mass is 16.1. The second kappa shape index (κ2) is 7.52. The van der Waals surface area contributed by atoms with Crippen LogP contribution in [0.1, 0.15) is 37.8 Å². The lowest BCUT2D eigenvalue weighted by Crippen LogP contribution is -2.19. The normalized spacial score (nSPS) is 12.3. The Balaban J connectivity index is 1.76. The van der Waals surface area contributed by atoms with E-state index in [0.717, 1.165) is 28.4 Å². The Morgan fingerprint density at radius 1 is 0.880 bits per heavy atom. The van der Waals surface area contributed by atoms with E-state index < -0.39 is 0 Å². The molecule has 0 saturated carbocycles. The molecule has 3 aromatic carbocycles. The minimum atomic E-state index is -0.188. The van der Waals surface area contributed by atoms with Crippen LogP contribution < -0.4 is 5.32 Å². The van der Waals surface area contributed by atoms with Gasteiger partial charge < -0.3 is 5.32 Å². The molecule has 0 aromatic heterocycles. The smallest absolute Gasteiger partial charge is 0.231 e. The van der Waals surface area contributed by atoms with Gasteiger partial charge in [0.1, 0.15) is 0 Å². The molecule has 0 unspecified atom stereocenters. The third-order valence-corrected chi connectivity index (χ3v) is 4.56. The molecule has 25 heavy (non-hydrogen) atoms. The quantitative estimate of drug-likeness (QED) is 0.631. The number of hydrogen-bond acceptors (Lipinski definition) is 1. The molecule has 2 nitrogen and oxygen atoms in total. The molecular formula is C23H25NO. The van der Waals surface area contributed by atoms with Crippen molar-refractivity contribution in [1.82, 2.24) is 0 Å². The van der Waals surface area contributed by atoms with Crippen molar-refractivity contribution in [2.24, 2.45) is 5.92 Å². The molecule has 0 spiro atoms. The monoisotopic (exact) mass is 331 g/mol. The number of rotatable bonds is 5. The first kappa shape index (κ1) is 17.2. The second-order valence-electron chi connectivity index (χ2n) is 7.08. The van der Waals surface area contributed by atoms with Crippen LogP contribution in [-0.4, -0.2) is 5.91 Å². The number of nitrogens with one attached hydrogen (secondary N) is 1. The van der Waals surface area contributed by atoms with Gasteiger partial charge in [0.2, 0.25) is 5.91 Å². The van der Waals surface area contributed by atoms with Crippen molar-refractivity contribution in [3.05, 3.63) is 77.9 Å². The van der Waals surface area contributed by atoms with E-state index in [1.54, 1.807) is 0 Å². The Kier molecular flexibility index (Phi) is 5.18. The highest BCUT2D eigenvalue weighted by Crippen LogP contribution is 2.25. The van der Waals surface area contributed by atoms with Crippen molar-refractivity contribution in [3.8, 4) is 0 Å². The fourth-order valence-electron chi connectivity index (χ4n) is 3.14. The summed E-state index contributed by atoms with van der Waals surface area (Å²) in [5.74, 6) is 0.470. The van der Waals surface area contributed by atoms with Crippen molar-refractivity contribution in [2.45, 2.75) is 33.1 Å². The lowest BCUT2D eigenvalue weighted by Gasteiger charge is -2.15. The predicted octanol–water partition coefficient (Wildman–Crippen LogP) is 5.78. The number of carbonyl (C=O) groups excluding carboxylic acids is 1. The highest BCUT2D eigenvalue weighted by Gasteiger charge is 2.16. The van der Waals surface area contributed by atoms with Crippen LogP contribution in [-0.2, 0) is 11.2 Å². The van der Waals surface area contributed by atoms with Gasteiger partial charge in [0.25, 0.3) is 0 Å². The van der Waals surface area contributed by atoms with E-state index in [0.29, 0.717) is 5.92 Å². The van der Waals surface area contributed by atoms with Gasteiger partial charge in [-0.1, -0.05) is 74.5 Å². The fourth-order valence-corrected chi connectivity index (χ4v) is 3.14. The second-order valence-corrected chi connectivity index (χ2v) is 7.08. The van der Waals surface area contributed by atoms with Crippen LogP contribution in [0.2, 0.25) is 0 Å². The standard InChI is InChI=1S/C23H25NO/c1-16(2)15-18-11-13-19(14-12-18)17(3)23(25)24-22-10-6-8-20-7-4-5-9-21(20)22/h4-14,16-17H,15H2,1-3H3,(H,24,25)/t17-/m1/s1. The zero-order valence-corrected chi connectivity index (χ0v) is 15.1. The molecule has 0 radical (unpaired) electrons. The molecule has 2 heteroatoms. The first-order chi connectivity index (χ1) is 12.0. The number of hydrogen-bond donors (Lipinski definition) is 1. The molecule has 1 atom stereocenters. The molecule has 0 fully saturated rings. The Morgan fingerprint density at radius 2 is 1.56 bits per heavy atom. The summed E-state index contributed by atoms with van der Waals surface area (Å²) in [7, 11) is 0. The van der Waals surface area contributed by atoms with Crippen LogP contribution in [0.25, 0.3) is 10.8 Å². The minimum absolute atomic E-state index is 0.0213. The average Bonchev–Trinajstić information content (AvgIpc) is 2.61. The van der Waals surface area contributed by atoms with E-state index in [2.05, 4.69) is 55.6 Å². The summed E-state index contributed by atoms with van der Waals surface area (Å²) in [6.45, 7) is 6.39. The van der Waals surface area contributed by atoms with Gasteiger partial charge in [-0.2, -0.15) is 0 Å². The molecular weight excluding hydrogens is 306 g/mol. The maximum absolute atomic E-state index is 12.7. The summed E-state index contributed by atoms with van der Waals surface area (Å²) in [6, 6.07) is 22.5. The van der Waals surface area contributed by atoms with Crippen LogP contribution in [0, 0.1) is 5.92 Å². The lowest BCUT2D eigenvalue weighted by molar-refractivity contribution is -0.117. The molecule has 0 bridgehead atoms. The van der Waals surface area contributed by atoms with Gasteiger partial charge in [-0.25, -0.2) is 0 Å². The van der Waals surface area contributed by atoms with Gasteiger partial charge >= 0.3 is 0 Å². The fraction of sp³-hybridized carbons (Fsp3) is 0.261. The van der Waals surface area contributed by atoms with Crippen molar-refractivity contribution < 1.29 is 4.79 Å². The van der Waals surface area contributed by atoms with Crippen LogP contribution in [0.5, 0.6) is 0 Å². The summed E-state index contributed by atoms with van der Waals surface area (Å²) in [6.07, 6.45) is 1.07. The molecule has 0 saturated heterocycles. The van der Waals surface area contributed by atoms with Gasteiger partial charge in [-0.05, 0) is 41.8 Å². The van der Waals surface area contributed by atoms with Crippen molar-refractivity contribution >= 4 is 22.4 Å². The molecule has 3 rings (SSSR count). The van der Waals surface area contributed by atoms with Gasteiger partial charge in [0.15, 0.2) is 0 Å². The van der Waals surface area contributed by atoms with E-state index in [1.807, 2.05) is 37.3 Å². The largest absolute Gasteiger partial charge is 0.325 e. The highest BCUT2D eigenvalue weighted by molar-refractivity contribution is 6.04. The van der Waals surface area contributed by atoms with Crippen LogP contribution in [0.15, 0.2) is 66.7 Å². The zero-order chi connectivity index (χ0) is 17.8. The maximum Gasteiger partial charge on any atom is 0.231 e. The molecule has 1 N–H and O–H groups in total. The van der Waals surface area contributed by atoms with Gasteiger partial charge in [0, 0.05) is 11.1 Å². The lowest BCUT2D eigenvalue weighted by atomic mass is 9.96. The summed E-state index contributed by atoms with van der Waals surface area (Å²) >= 11 is 0. The molecule has 128 valence electrons. The Hall–Kier alpha value is -2.61. The van der Waals surface area contributed by atoms with E-state index in [4.69, 9.17) is 0 Å². The first-order valence-corrected chi connectivity index (χ1v) is 8.92. The van der Waals surface area contributed by atoms with Gasteiger partial charge in [-0.15, -0.1) is 0 Å². The van der Waals surface area contributed by atoms with E-state index in [9.17, 15) is 4.79 Å². The topological polar surface area (TPSA) is 29.1 Å². The molecule has 1 amide bonds. The van der Waals surface area contributed by atoms with E-state index >= 15 is 0 Å². The van der Waals surface area contributed by atoms with Crippen molar-refractivity contribution in [2.75, 3.05) is 5.32 Å². The third-order valence-electron chi connectivity index (χ3n) is 4.56. The van der Waals surface area contributed by atoms with Gasteiger partial charge in [0.05, 0.1) is 5.92 Å². The minimum Gasteiger partial charge on any atom is -0.325 e. The summed E-state index contributed by atoms with van der Waals surface area (Å²) in [5, 5.41) is 5.29. The maximum atomic E-state index is 12.7.